The summed E-state index contributed by atoms with van der Waals surface area (Å²) in [6, 6.07) is 10.1. The number of anilines is 1. The summed E-state index contributed by atoms with van der Waals surface area (Å²) in [7, 11) is 0. The Balaban J connectivity index is 1.68. The van der Waals surface area contributed by atoms with Crippen LogP contribution in [0, 0.1) is 0 Å². The van der Waals surface area contributed by atoms with Crippen molar-refractivity contribution in [3.63, 3.8) is 0 Å². The molecule has 3 aromatic rings. The van der Waals surface area contributed by atoms with E-state index in [2.05, 4.69) is 33.2 Å². The van der Waals surface area contributed by atoms with Crippen LogP contribution in [-0.2, 0) is 24.2 Å². The van der Waals surface area contributed by atoms with Gasteiger partial charge in [-0.3, -0.25) is 9.69 Å². The Kier molecular flexibility index (Phi) is 4.32. The van der Waals surface area contributed by atoms with Gasteiger partial charge in [0.05, 0.1) is 6.54 Å². The van der Waals surface area contributed by atoms with Crippen LogP contribution in [0.15, 0.2) is 42.7 Å². The number of carbonyl (C=O) groups is 1. The summed E-state index contributed by atoms with van der Waals surface area (Å²) in [5.74, 6) is -0.0102. The van der Waals surface area contributed by atoms with Crippen molar-refractivity contribution < 1.29 is 4.79 Å². The van der Waals surface area contributed by atoms with Crippen molar-refractivity contribution >= 4 is 34.5 Å². The summed E-state index contributed by atoms with van der Waals surface area (Å²) in [5.41, 5.74) is 4.40. The first-order chi connectivity index (χ1) is 12.2. The number of amides is 1. The standard InChI is InChI=1S/C19H17ClN4O/c20-10-17(25)24(12-13-6-7-14-3-1-4-15(14)9-13)19-22-11-16-5-2-8-21-18(16)23-19/h2,5-9,11H,1,3-4,10,12H2. The average molecular weight is 353 g/mol. The van der Waals surface area contributed by atoms with E-state index in [1.54, 1.807) is 12.4 Å². The minimum Gasteiger partial charge on any atom is -0.275 e. The molecular weight excluding hydrogens is 336 g/mol. The van der Waals surface area contributed by atoms with E-state index in [1.165, 1.54) is 22.4 Å². The van der Waals surface area contributed by atoms with E-state index >= 15 is 0 Å². The fourth-order valence-electron chi connectivity index (χ4n) is 3.23. The first kappa shape index (κ1) is 16.0. The van der Waals surface area contributed by atoms with Gasteiger partial charge in [0.25, 0.3) is 0 Å². The number of rotatable bonds is 4. The predicted octanol–water partition coefficient (Wildman–Crippen LogP) is 3.29. The first-order valence-electron chi connectivity index (χ1n) is 8.29. The Morgan fingerprint density at radius 2 is 2.04 bits per heavy atom. The zero-order chi connectivity index (χ0) is 17.2. The molecule has 0 atom stereocenters. The number of hydrogen-bond donors (Lipinski definition) is 0. The molecule has 2 aromatic heterocycles. The highest BCUT2D eigenvalue weighted by Crippen LogP contribution is 2.24. The van der Waals surface area contributed by atoms with Gasteiger partial charge in [0.15, 0.2) is 5.65 Å². The quantitative estimate of drug-likeness (QED) is 0.676. The molecule has 4 rings (SSSR count). The molecule has 1 aliphatic rings. The number of hydrogen-bond acceptors (Lipinski definition) is 4. The van der Waals surface area contributed by atoms with Crippen LogP contribution in [0.3, 0.4) is 0 Å². The molecule has 0 saturated heterocycles. The normalized spacial score (nSPS) is 13.0. The minimum absolute atomic E-state index is 0.117. The molecule has 0 fully saturated rings. The topological polar surface area (TPSA) is 59.0 Å². The van der Waals surface area contributed by atoms with E-state index < -0.39 is 0 Å². The van der Waals surface area contributed by atoms with Crippen LogP contribution >= 0.6 is 11.6 Å². The Morgan fingerprint density at radius 1 is 1.16 bits per heavy atom. The van der Waals surface area contributed by atoms with Crippen LogP contribution in [0.5, 0.6) is 0 Å². The minimum atomic E-state index is -0.225. The molecule has 0 unspecified atom stereocenters. The van der Waals surface area contributed by atoms with Gasteiger partial charge in [0.1, 0.15) is 5.88 Å². The molecule has 2 heterocycles. The molecule has 1 aliphatic carbocycles. The summed E-state index contributed by atoms with van der Waals surface area (Å²) in [5, 5.41) is 0.835. The van der Waals surface area contributed by atoms with Crippen molar-refractivity contribution in [2.45, 2.75) is 25.8 Å². The number of alkyl halides is 1. The van der Waals surface area contributed by atoms with Crippen LogP contribution in [0.1, 0.15) is 23.1 Å². The monoisotopic (exact) mass is 352 g/mol. The number of pyridine rings is 1. The van der Waals surface area contributed by atoms with Gasteiger partial charge in [0, 0.05) is 17.8 Å². The van der Waals surface area contributed by atoms with Gasteiger partial charge in [-0.25, -0.2) is 9.97 Å². The van der Waals surface area contributed by atoms with Gasteiger partial charge >= 0.3 is 0 Å². The third-order valence-corrected chi connectivity index (χ3v) is 4.73. The molecule has 0 spiro atoms. The van der Waals surface area contributed by atoms with E-state index in [1.807, 2.05) is 12.1 Å². The number of halogens is 1. The van der Waals surface area contributed by atoms with Crippen molar-refractivity contribution in [1.29, 1.82) is 0 Å². The van der Waals surface area contributed by atoms with Gasteiger partial charge in [-0.1, -0.05) is 18.2 Å². The largest absolute Gasteiger partial charge is 0.275 e. The summed E-state index contributed by atoms with van der Waals surface area (Å²) in [4.78, 5) is 26.9. The Bertz CT molecular complexity index is 944. The van der Waals surface area contributed by atoms with Crippen LogP contribution in [0.2, 0.25) is 0 Å². The van der Waals surface area contributed by atoms with Gasteiger partial charge < -0.3 is 0 Å². The molecule has 0 bridgehead atoms. The maximum Gasteiger partial charge on any atom is 0.244 e. The molecule has 0 aliphatic heterocycles. The molecule has 126 valence electrons. The van der Waals surface area contributed by atoms with E-state index in [9.17, 15) is 4.79 Å². The zero-order valence-corrected chi connectivity index (χ0v) is 14.4. The van der Waals surface area contributed by atoms with E-state index in [0.717, 1.165) is 23.8 Å². The second-order valence-electron chi connectivity index (χ2n) is 6.16. The number of nitrogens with zero attached hydrogens (tertiary/aromatic N) is 4. The predicted molar refractivity (Wildman–Crippen MR) is 97.7 cm³/mol. The molecule has 5 nitrogen and oxygen atoms in total. The zero-order valence-electron chi connectivity index (χ0n) is 13.7. The summed E-state index contributed by atoms with van der Waals surface area (Å²) in [6.07, 6.45) is 6.79. The van der Waals surface area contributed by atoms with Crippen molar-refractivity contribution in [2.24, 2.45) is 0 Å². The lowest BCUT2D eigenvalue weighted by Gasteiger charge is -2.20. The summed E-state index contributed by atoms with van der Waals surface area (Å²) in [6.45, 7) is 0.400. The van der Waals surface area contributed by atoms with Crippen LogP contribution in [0.25, 0.3) is 11.0 Å². The maximum atomic E-state index is 12.4. The van der Waals surface area contributed by atoms with Crippen molar-refractivity contribution in [3.8, 4) is 0 Å². The molecule has 25 heavy (non-hydrogen) atoms. The lowest BCUT2D eigenvalue weighted by molar-refractivity contribution is -0.116. The number of fused-ring (bicyclic) bond motifs is 2. The number of aryl methyl sites for hydroxylation is 2. The van der Waals surface area contributed by atoms with Gasteiger partial charge in [-0.05, 0) is 48.1 Å². The van der Waals surface area contributed by atoms with Crippen molar-refractivity contribution in [2.75, 3.05) is 10.8 Å². The molecule has 1 aromatic carbocycles. The third-order valence-electron chi connectivity index (χ3n) is 4.50. The SMILES string of the molecule is O=C(CCl)N(Cc1ccc2c(c1)CCC2)c1ncc2cccnc2n1. The molecule has 1 amide bonds. The Labute approximate surface area is 150 Å². The summed E-state index contributed by atoms with van der Waals surface area (Å²) >= 11 is 5.81. The fourth-order valence-corrected chi connectivity index (χ4v) is 3.38. The molecule has 0 radical (unpaired) electrons. The van der Waals surface area contributed by atoms with E-state index in [4.69, 9.17) is 11.6 Å². The highest BCUT2D eigenvalue weighted by atomic mass is 35.5. The van der Waals surface area contributed by atoms with E-state index in [0.29, 0.717) is 18.1 Å². The molecule has 6 heteroatoms. The van der Waals surface area contributed by atoms with E-state index in [-0.39, 0.29) is 11.8 Å². The molecule has 0 N–H and O–H groups in total. The van der Waals surface area contributed by atoms with Crippen LogP contribution in [-0.4, -0.2) is 26.7 Å². The van der Waals surface area contributed by atoms with Crippen molar-refractivity contribution in [3.05, 3.63) is 59.4 Å². The van der Waals surface area contributed by atoms with Crippen LogP contribution in [0.4, 0.5) is 5.95 Å². The van der Waals surface area contributed by atoms with Gasteiger partial charge in [0.2, 0.25) is 11.9 Å². The summed E-state index contributed by atoms with van der Waals surface area (Å²) < 4.78 is 0. The van der Waals surface area contributed by atoms with Gasteiger partial charge in [-0.15, -0.1) is 11.6 Å². The lowest BCUT2D eigenvalue weighted by Crippen LogP contribution is -2.33. The van der Waals surface area contributed by atoms with Gasteiger partial charge in [-0.2, -0.15) is 4.98 Å². The highest BCUT2D eigenvalue weighted by Gasteiger charge is 2.20. The maximum absolute atomic E-state index is 12.4. The van der Waals surface area contributed by atoms with Crippen LogP contribution < -0.4 is 4.90 Å². The third kappa shape index (κ3) is 3.20. The Hall–Kier alpha value is -2.53. The second-order valence-corrected chi connectivity index (χ2v) is 6.42. The number of benzene rings is 1. The Morgan fingerprint density at radius 3 is 2.92 bits per heavy atom. The average Bonchev–Trinajstić information content (AvgIpc) is 3.13. The first-order valence-corrected chi connectivity index (χ1v) is 8.83. The number of aromatic nitrogens is 3. The smallest absolute Gasteiger partial charge is 0.244 e. The van der Waals surface area contributed by atoms with Crippen molar-refractivity contribution in [1.82, 2.24) is 15.0 Å². The number of carbonyl (C=O) groups excluding carboxylic acids is 1. The lowest BCUT2D eigenvalue weighted by atomic mass is 10.1. The molecular formula is C19H17ClN4O. The highest BCUT2D eigenvalue weighted by molar-refractivity contribution is 6.29. The fraction of sp³-hybridized carbons (Fsp3) is 0.263. The molecule has 0 saturated carbocycles. The second kappa shape index (κ2) is 6.76.